The summed E-state index contributed by atoms with van der Waals surface area (Å²) in [7, 11) is 0. The largest absolute Gasteiger partial charge is 0.344 e. The van der Waals surface area contributed by atoms with Crippen LogP contribution in [0, 0.1) is 23.2 Å². The summed E-state index contributed by atoms with van der Waals surface area (Å²) >= 11 is 1.57. The lowest BCUT2D eigenvalue weighted by atomic mass is 9.83. The summed E-state index contributed by atoms with van der Waals surface area (Å²) in [5, 5.41) is 16.8. The van der Waals surface area contributed by atoms with Gasteiger partial charge in [-0.1, -0.05) is 18.7 Å². The van der Waals surface area contributed by atoms with E-state index in [9.17, 15) is 10.1 Å². The first kappa shape index (κ1) is 14.2. The fourth-order valence-corrected chi connectivity index (χ4v) is 4.13. The highest BCUT2D eigenvalue weighted by molar-refractivity contribution is 7.99. The van der Waals surface area contributed by atoms with Gasteiger partial charge in [0.15, 0.2) is 5.16 Å². The highest BCUT2D eigenvalue weighted by Gasteiger charge is 2.31. The molecule has 5 nitrogen and oxygen atoms in total. The van der Waals surface area contributed by atoms with E-state index in [0.29, 0.717) is 11.1 Å². The van der Waals surface area contributed by atoms with E-state index in [2.05, 4.69) is 23.2 Å². The van der Waals surface area contributed by atoms with E-state index < -0.39 is 0 Å². The van der Waals surface area contributed by atoms with Crippen molar-refractivity contribution in [3.05, 3.63) is 10.5 Å². The summed E-state index contributed by atoms with van der Waals surface area (Å²) in [6, 6.07) is 2.48. The summed E-state index contributed by atoms with van der Waals surface area (Å²) in [5.41, 5.74) is -0.171. The SMILES string of the molecule is CC1CCC(C#N)C(Sc2n[nH]c(=O)n2C(C)C)C1. The number of rotatable bonds is 3. The van der Waals surface area contributed by atoms with Gasteiger partial charge in [0.25, 0.3) is 0 Å². The Morgan fingerprint density at radius 2 is 2.26 bits per heavy atom. The van der Waals surface area contributed by atoms with Crippen molar-refractivity contribution in [2.24, 2.45) is 11.8 Å². The predicted molar refractivity (Wildman–Crippen MR) is 75.0 cm³/mol. The molecule has 0 bridgehead atoms. The van der Waals surface area contributed by atoms with E-state index in [1.54, 1.807) is 16.3 Å². The van der Waals surface area contributed by atoms with Crippen molar-refractivity contribution < 1.29 is 0 Å². The fraction of sp³-hybridized carbons (Fsp3) is 0.769. The second-order valence-corrected chi connectivity index (χ2v) is 6.79. The predicted octanol–water partition coefficient (Wildman–Crippen LogP) is 2.57. The summed E-state index contributed by atoms with van der Waals surface area (Å²) in [4.78, 5) is 11.7. The van der Waals surface area contributed by atoms with Gasteiger partial charge in [0.1, 0.15) is 0 Å². The molecule has 0 amide bonds. The van der Waals surface area contributed by atoms with Gasteiger partial charge in [0, 0.05) is 11.3 Å². The maximum atomic E-state index is 11.7. The van der Waals surface area contributed by atoms with Crippen LogP contribution < -0.4 is 5.69 Å². The first-order valence-electron chi connectivity index (χ1n) is 6.76. The van der Waals surface area contributed by atoms with Gasteiger partial charge in [-0.3, -0.25) is 4.57 Å². The van der Waals surface area contributed by atoms with Crippen molar-refractivity contribution in [3.63, 3.8) is 0 Å². The minimum absolute atomic E-state index is 0.0635. The van der Waals surface area contributed by atoms with Crippen molar-refractivity contribution in [3.8, 4) is 6.07 Å². The van der Waals surface area contributed by atoms with Gasteiger partial charge < -0.3 is 0 Å². The van der Waals surface area contributed by atoms with Crippen LogP contribution in [0.4, 0.5) is 0 Å². The number of nitrogens with zero attached hydrogens (tertiary/aromatic N) is 3. The van der Waals surface area contributed by atoms with E-state index in [1.165, 1.54) is 0 Å². The van der Waals surface area contributed by atoms with E-state index in [-0.39, 0.29) is 22.9 Å². The topological polar surface area (TPSA) is 74.5 Å². The van der Waals surface area contributed by atoms with Gasteiger partial charge >= 0.3 is 5.69 Å². The Bertz CT molecular complexity index is 527. The number of aromatic nitrogens is 3. The Hall–Kier alpha value is -1.22. The zero-order valence-corrected chi connectivity index (χ0v) is 12.4. The number of aromatic amines is 1. The molecule has 1 saturated carbocycles. The molecule has 6 heteroatoms. The molecule has 1 aromatic rings. The highest BCUT2D eigenvalue weighted by Crippen LogP contribution is 2.38. The molecular weight excluding hydrogens is 260 g/mol. The first-order chi connectivity index (χ1) is 9.02. The second kappa shape index (κ2) is 5.83. The first-order valence-corrected chi connectivity index (χ1v) is 7.64. The summed E-state index contributed by atoms with van der Waals surface area (Å²) in [6.07, 6.45) is 3.08. The monoisotopic (exact) mass is 280 g/mol. The van der Waals surface area contributed by atoms with E-state index >= 15 is 0 Å². The fourth-order valence-electron chi connectivity index (χ4n) is 2.57. The van der Waals surface area contributed by atoms with Gasteiger partial charge in [-0.05, 0) is 39.0 Å². The van der Waals surface area contributed by atoms with Gasteiger partial charge in [0.05, 0.1) is 12.0 Å². The molecule has 3 atom stereocenters. The highest BCUT2D eigenvalue weighted by atomic mass is 32.2. The van der Waals surface area contributed by atoms with E-state index in [1.807, 2.05) is 13.8 Å². The number of H-pyrrole nitrogens is 1. The van der Waals surface area contributed by atoms with Crippen molar-refractivity contribution in [1.82, 2.24) is 14.8 Å². The summed E-state index contributed by atoms with van der Waals surface area (Å²) < 4.78 is 1.67. The molecule has 1 aliphatic rings. The van der Waals surface area contributed by atoms with Gasteiger partial charge in [-0.25, -0.2) is 9.89 Å². The Morgan fingerprint density at radius 1 is 1.53 bits per heavy atom. The van der Waals surface area contributed by atoms with Crippen LogP contribution in [0.3, 0.4) is 0 Å². The van der Waals surface area contributed by atoms with Crippen LogP contribution in [0.5, 0.6) is 0 Å². The van der Waals surface area contributed by atoms with Crippen molar-refractivity contribution in [2.45, 2.75) is 56.5 Å². The van der Waals surface area contributed by atoms with Crippen LogP contribution in [-0.2, 0) is 0 Å². The number of hydrogen-bond donors (Lipinski definition) is 1. The summed E-state index contributed by atoms with van der Waals surface area (Å²) in [6.45, 7) is 6.15. The van der Waals surface area contributed by atoms with E-state index in [0.717, 1.165) is 19.3 Å². The van der Waals surface area contributed by atoms with E-state index in [4.69, 9.17) is 0 Å². The van der Waals surface area contributed by atoms with Gasteiger partial charge in [-0.2, -0.15) is 5.26 Å². The molecule has 1 fully saturated rings. The number of nitriles is 1. The lowest BCUT2D eigenvalue weighted by Crippen LogP contribution is -2.26. The van der Waals surface area contributed by atoms with Crippen molar-refractivity contribution >= 4 is 11.8 Å². The number of hydrogen-bond acceptors (Lipinski definition) is 4. The zero-order chi connectivity index (χ0) is 14.0. The zero-order valence-electron chi connectivity index (χ0n) is 11.6. The Morgan fingerprint density at radius 3 is 2.89 bits per heavy atom. The molecule has 3 unspecified atom stereocenters. The smallest absolute Gasteiger partial charge is 0.268 e. The second-order valence-electron chi connectivity index (χ2n) is 5.59. The van der Waals surface area contributed by atoms with Crippen LogP contribution >= 0.6 is 11.8 Å². The lowest BCUT2D eigenvalue weighted by molar-refractivity contribution is 0.345. The third-order valence-corrected chi connectivity index (χ3v) is 4.99. The van der Waals surface area contributed by atoms with Crippen LogP contribution in [-0.4, -0.2) is 20.0 Å². The maximum Gasteiger partial charge on any atom is 0.344 e. The molecule has 0 aromatic carbocycles. The standard InChI is InChI=1S/C13H20N4OS/c1-8(2)17-12(18)15-16-13(17)19-11-6-9(3)4-5-10(11)7-14/h8-11H,4-6H2,1-3H3,(H,15,18). The minimum Gasteiger partial charge on any atom is -0.268 e. The van der Waals surface area contributed by atoms with Gasteiger partial charge in [-0.15, -0.1) is 5.10 Å². The Labute approximate surface area is 117 Å². The van der Waals surface area contributed by atoms with Crippen molar-refractivity contribution in [1.29, 1.82) is 5.26 Å². The van der Waals surface area contributed by atoms with Crippen molar-refractivity contribution in [2.75, 3.05) is 0 Å². The quantitative estimate of drug-likeness (QED) is 0.923. The van der Waals surface area contributed by atoms with Crippen LogP contribution in [0.1, 0.15) is 46.1 Å². The number of nitrogens with one attached hydrogen (secondary N) is 1. The molecule has 0 saturated heterocycles. The molecule has 104 valence electrons. The Kier molecular flexibility index (Phi) is 4.35. The third-order valence-electron chi connectivity index (χ3n) is 3.67. The normalized spacial score (nSPS) is 27.4. The summed E-state index contributed by atoms with van der Waals surface area (Å²) in [5.74, 6) is 0.703. The molecule has 1 N–H and O–H groups in total. The van der Waals surface area contributed by atoms with Crippen LogP contribution in [0.25, 0.3) is 0 Å². The maximum absolute atomic E-state index is 11.7. The molecule has 2 rings (SSSR count). The minimum atomic E-state index is -0.171. The molecule has 0 aliphatic heterocycles. The lowest BCUT2D eigenvalue weighted by Gasteiger charge is -2.30. The molecule has 1 aromatic heterocycles. The number of thioether (sulfide) groups is 1. The molecule has 19 heavy (non-hydrogen) atoms. The van der Waals surface area contributed by atoms with Crippen LogP contribution in [0.2, 0.25) is 0 Å². The Balaban J connectivity index is 2.20. The third kappa shape index (κ3) is 3.03. The van der Waals surface area contributed by atoms with Crippen LogP contribution in [0.15, 0.2) is 9.95 Å². The molecule has 1 heterocycles. The average molecular weight is 280 g/mol. The molecular formula is C13H20N4OS. The molecule has 1 aliphatic carbocycles. The molecule has 0 spiro atoms. The average Bonchev–Trinajstić information content (AvgIpc) is 2.71. The van der Waals surface area contributed by atoms with Gasteiger partial charge in [0.2, 0.25) is 0 Å². The molecule has 0 radical (unpaired) electrons.